The Labute approximate surface area is 116 Å². The molecule has 0 saturated heterocycles. The number of hydrogen-bond acceptors (Lipinski definition) is 2. The average Bonchev–Trinajstić information content (AvgIpc) is 2.64. The van der Waals surface area contributed by atoms with Crippen LogP contribution in [0.15, 0.2) is 24.3 Å². The van der Waals surface area contributed by atoms with Crippen LogP contribution >= 0.6 is 22.9 Å². The molecule has 0 bridgehead atoms. The van der Waals surface area contributed by atoms with Crippen molar-refractivity contribution >= 4 is 22.9 Å². The first-order chi connectivity index (χ1) is 8.58. The number of thiophene rings is 1. The van der Waals surface area contributed by atoms with Gasteiger partial charge in [-0.05, 0) is 31.5 Å². The van der Waals surface area contributed by atoms with E-state index in [2.05, 4.69) is 25.2 Å². The van der Waals surface area contributed by atoms with Gasteiger partial charge in [0.2, 0.25) is 0 Å². The van der Waals surface area contributed by atoms with Crippen LogP contribution in [0, 0.1) is 19.7 Å². The van der Waals surface area contributed by atoms with Gasteiger partial charge in [-0.15, -0.1) is 11.3 Å². The monoisotopic (exact) mass is 283 g/mol. The summed E-state index contributed by atoms with van der Waals surface area (Å²) in [6.45, 7) is 5.46. The van der Waals surface area contributed by atoms with E-state index in [1.54, 1.807) is 29.5 Å². The number of benzene rings is 1. The molecule has 0 atom stereocenters. The van der Waals surface area contributed by atoms with Crippen molar-refractivity contribution < 1.29 is 4.39 Å². The van der Waals surface area contributed by atoms with E-state index in [9.17, 15) is 4.39 Å². The fourth-order valence-electron chi connectivity index (χ4n) is 1.74. The van der Waals surface area contributed by atoms with Crippen LogP contribution in [0.25, 0.3) is 0 Å². The molecule has 0 spiro atoms. The third kappa shape index (κ3) is 3.10. The maximum Gasteiger partial charge on any atom is 0.146 e. The van der Waals surface area contributed by atoms with E-state index in [1.807, 2.05) is 0 Å². The maximum atomic E-state index is 13.6. The summed E-state index contributed by atoms with van der Waals surface area (Å²) in [5, 5.41) is 3.42. The number of nitrogens with one attached hydrogen (secondary N) is 1. The van der Waals surface area contributed by atoms with Gasteiger partial charge in [-0.2, -0.15) is 0 Å². The van der Waals surface area contributed by atoms with E-state index < -0.39 is 0 Å². The summed E-state index contributed by atoms with van der Waals surface area (Å²) in [5.41, 5.74) is 1.92. The normalized spacial score (nSPS) is 10.9. The fourth-order valence-corrected chi connectivity index (χ4v) is 2.96. The molecule has 0 aliphatic heterocycles. The Hall–Kier alpha value is -0.900. The number of rotatable bonds is 4. The standard InChI is InChI=1S/C14H15ClFNS/c1-9-6-12(18-10(9)2)8-17-7-11-4-3-5-13(15)14(11)16/h3-6,17H,7-8H2,1-2H3. The van der Waals surface area contributed by atoms with Gasteiger partial charge in [-0.25, -0.2) is 4.39 Å². The van der Waals surface area contributed by atoms with E-state index in [0.29, 0.717) is 12.1 Å². The molecule has 2 rings (SSSR count). The molecular weight excluding hydrogens is 269 g/mol. The van der Waals surface area contributed by atoms with Gasteiger partial charge in [0, 0.05) is 28.4 Å². The third-order valence-electron chi connectivity index (χ3n) is 2.86. The highest BCUT2D eigenvalue weighted by Crippen LogP contribution is 2.21. The SMILES string of the molecule is Cc1cc(CNCc2cccc(Cl)c2F)sc1C. The topological polar surface area (TPSA) is 12.0 Å². The first-order valence-corrected chi connectivity index (χ1v) is 6.97. The molecular formula is C14H15ClFNS. The van der Waals surface area contributed by atoms with Gasteiger partial charge in [0.1, 0.15) is 5.82 Å². The minimum atomic E-state index is -0.329. The highest BCUT2D eigenvalue weighted by atomic mass is 35.5. The number of halogens is 2. The lowest BCUT2D eigenvalue weighted by atomic mass is 10.2. The summed E-state index contributed by atoms with van der Waals surface area (Å²) in [4.78, 5) is 2.60. The van der Waals surface area contributed by atoms with E-state index >= 15 is 0 Å². The summed E-state index contributed by atoms with van der Waals surface area (Å²) < 4.78 is 13.6. The summed E-state index contributed by atoms with van der Waals surface area (Å²) in [7, 11) is 0. The quantitative estimate of drug-likeness (QED) is 0.874. The first-order valence-electron chi connectivity index (χ1n) is 5.77. The van der Waals surface area contributed by atoms with E-state index in [1.165, 1.54) is 15.3 Å². The minimum Gasteiger partial charge on any atom is -0.308 e. The van der Waals surface area contributed by atoms with Crippen molar-refractivity contribution in [3.63, 3.8) is 0 Å². The van der Waals surface area contributed by atoms with E-state index in [4.69, 9.17) is 11.6 Å². The second-order valence-electron chi connectivity index (χ2n) is 4.27. The molecule has 18 heavy (non-hydrogen) atoms. The van der Waals surface area contributed by atoms with Crippen LogP contribution in [0.3, 0.4) is 0 Å². The Balaban J connectivity index is 1.94. The molecule has 0 unspecified atom stereocenters. The van der Waals surface area contributed by atoms with Crippen molar-refractivity contribution in [2.45, 2.75) is 26.9 Å². The Morgan fingerprint density at radius 1 is 1.28 bits per heavy atom. The molecule has 1 aromatic carbocycles. The van der Waals surface area contributed by atoms with Gasteiger partial charge < -0.3 is 5.32 Å². The summed E-state index contributed by atoms with van der Waals surface area (Å²) in [6.07, 6.45) is 0. The minimum absolute atomic E-state index is 0.178. The van der Waals surface area contributed by atoms with Gasteiger partial charge in [0.25, 0.3) is 0 Å². The molecule has 0 aliphatic rings. The van der Waals surface area contributed by atoms with Crippen molar-refractivity contribution in [3.8, 4) is 0 Å². The molecule has 0 fully saturated rings. The van der Waals surface area contributed by atoms with Crippen molar-refractivity contribution in [1.29, 1.82) is 0 Å². The maximum absolute atomic E-state index is 13.6. The molecule has 4 heteroatoms. The summed E-state index contributed by atoms with van der Waals surface area (Å²) in [6, 6.07) is 7.24. The van der Waals surface area contributed by atoms with Crippen molar-refractivity contribution in [2.24, 2.45) is 0 Å². The number of hydrogen-bond donors (Lipinski definition) is 1. The van der Waals surface area contributed by atoms with Crippen molar-refractivity contribution in [1.82, 2.24) is 5.32 Å². The largest absolute Gasteiger partial charge is 0.308 e. The fraction of sp³-hybridized carbons (Fsp3) is 0.286. The highest BCUT2D eigenvalue weighted by molar-refractivity contribution is 7.12. The molecule has 0 radical (unpaired) electrons. The smallest absolute Gasteiger partial charge is 0.146 e. The molecule has 1 N–H and O–H groups in total. The highest BCUT2D eigenvalue weighted by Gasteiger charge is 2.06. The van der Waals surface area contributed by atoms with Gasteiger partial charge in [0.15, 0.2) is 0 Å². The molecule has 2 aromatic rings. The zero-order chi connectivity index (χ0) is 13.1. The van der Waals surface area contributed by atoms with Gasteiger partial charge >= 0.3 is 0 Å². The van der Waals surface area contributed by atoms with Crippen LogP contribution in [0.1, 0.15) is 20.9 Å². The molecule has 0 amide bonds. The van der Waals surface area contributed by atoms with Gasteiger partial charge in [-0.1, -0.05) is 23.7 Å². The Bertz CT molecular complexity index is 531. The lowest BCUT2D eigenvalue weighted by Crippen LogP contribution is -2.13. The lowest BCUT2D eigenvalue weighted by molar-refractivity contribution is 0.589. The molecule has 96 valence electrons. The molecule has 1 aromatic heterocycles. The predicted molar refractivity (Wildman–Crippen MR) is 75.7 cm³/mol. The van der Waals surface area contributed by atoms with Crippen molar-refractivity contribution in [2.75, 3.05) is 0 Å². The second kappa shape index (κ2) is 5.83. The molecule has 1 heterocycles. The summed E-state index contributed by atoms with van der Waals surface area (Å²) in [5.74, 6) is -0.329. The van der Waals surface area contributed by atoms with Gasteiger partial charge in [0.05, 0.1) is 5.02 Å². The van der Waals surface area contributed by atoms with Crippen LogP contribution in [0.4, 0.5) is 4.39 Å². The zero-order valence-corrected chi connectivity index (χ0v) is 12.0. The van der Waals surface area contributed by atoms with Crippen LogP contribution in [0.2, 0.25) is 5.02 Å². The molecule has 0 saturated carbocycles. The van der Waals surface area contributed by atoms with Crippen LogP contribution in [0.5, 0.6) is 0 Å². The van der Waals surface area contributed by atoms with Crippen LogP contribution < -0.4 is 5.32 Å². The Kier molecular flexibility index (Phi) is 4.38. The lowest BCUT2D eigenvalue weighted by Gasteiger charge is -2.05. The number of aryl methyl sites for hydroxylation is 2. The van der Waals surface area contributed by atoms with E-state index in [-0.39, 0.29) is 10.8 Å². The first kappa shape index (κ1) is 13.5. The Morgan fingerprint density at radius 2 is 2.06 bits per heavy atom. The van der Waals surface area contributed by atoms with Crippen molar-refractivity contribution in [3.05, 3.63) is 56.0 Å². The third-order valence-corrected chi connectivity index (χ3v) is 4.31. The van der Waals surface area contributed by atoms with Crippen LogP contribution in [-0.2, 0) is 13.1 Å². The Morgan fingerprint density at radius 3 is 2.72 bits per heavy atom. The molecule has 1 nitrogen and oxygen atoms in total. The predicted octanol–water partition coefficient (Wildman–Crippen LogP) is 4.45. The molecule has 0 aliphatic carbocycles. The second-order valence-corrected chi connectivity index (χ2v) is 6.02. The zero-order valence-electron chi connectivity index (χ0n) is 10.4. The average molecular weight is 284 g/mol. The van der Waals surface area contributed by atoms with Gasteiger partial charge in [-0.3, -0.25) is 0 Å². The van der Waals surface area contributed by atoms with E-state index in [0.717, 1.165) is 6.54 Å². The summed E-state index contributed by atoms with van der Waals surface area (Å²) >= 11 is 7.51. The van der Waals surface area contributed by atoms with Crippen LogP contribution in [-0.4, -0.2) is 0 Å².